The molecule has 112 valence electrons. The van der Waals surface area contributed by atoms with Gasteiger partial charge in [0.15, 0.2) is 5.82 Å². The van der Waals surface area contributed by atoms with Crippen molar-refractivity contribution < 1.29 is 13.9 Å². The van der Waals surface area contributed by atoms with Crippen LogP contribution in [0.25, 0.3) is 10.8 Å². The van der Waals surface area contributed by atoms with Gasteiger partial charge in [-0.05, 0) is 29.0 Å². The van der Waals surface area contributed by atoms with Gasteiger partial charge in [-0.15, -0.1) is 0 Å². The summed E-state index contributed by atoms with van der Waals surface area (Å²) in [6.45, 7) is 0. The first-order chi connectivity index (χ1) is 11.1. The highest BCUT2D eigenvalue weighted by molar-refractivity contribution is 6.53. The van der Waals surface area contributed by atoms with Crippen LogP contribution < -0.4 is 0 Å². The maximum atomic E-state index is 14.1. The molecule has 0 saturated heterocycles. The first kappa shape index (κ1) is 13.9. The summed E-state index contributed by atoms with van der Waals surface area (Å²) in [5.74, 6) is -1.32. The molecule has 1 aliphatic rings. The minimum atomic E-state index is -0.800. The van der Waals surface area contributed by atoms with Crippen LogP contribution in [-0.2, 0) is 0 Å². The summed E-state index contributed by atoms with van der Waals surface area (Å²) < 4.78 is 14.5. The normalized spacial score (nSPS) is 13.7. The third kappa shape index (κ3) is 1.95. The number of benzene rings is 3. The molecule has 0 amide bonds. The van der Waals surface area contributed by atoms with Gasteiger partial charge < -0.3 is 5.21 Å². The molecule has 0 atom stereocenters. The fourth-order valence-electron chi connectivity index (χ4n) is 2.94. The molecule has 1 heterocycles. The standard InChI is InChI=1S/C18H9ClFNO2/c19-11-8-14-16(15(20)9-11)21(23)17(18(14)22)13-7-3-5-10-4-1-2-6-12(10)13/h1-9H. The van der Waals surface area contributed by atoms with Gasteiger partial charge in [0.2, 0.25) is 0 Å². The van der Waals surface area contributed by atoms with Crippen LogP contribution in [0, 0.1) is 11.0 Å². The fraction of sp³-hybridized carbons (Fsp3) is 0. The predicted octanol–water partition coefficient (Wildman–Crippen LogP) is 4.46. The van der Waals surface area contributed by atoms with Crippen LogP contribution in [0.4, 0.5) is 10.1 Å². The van der Waals surface area contributed by atoms with Gasteiger partial charge >= 0.3 is 0 Å². The van der Waals surface area contributed by atoms with E-state index in [9.17, 15) is 14.4 Å². The van der Waals surface area contributed by atoms with E-state index in [4.69, 9.17) is 11.6 Å². The van der Waals surface area contributed by atoms with E-state index in [1.165, 1.54) is 6.07 Å². The lowest BCUT2D eigenvalue weighted by Gasteiger charge is -2.06. The zero-order valence-electron chi connectivity index (χ0n) is 11.7. The zero-order chi connectivity index (χ0) is 16.1. The van der Waals surface area contributed by atoms with Gasteiger partial charge in [-0.3, -0.25) is 4.79 Å². The van der Waals surface area contributed by atoms with E-state index in [-0.39, 0.29) is 22.0 Å². The molecule has 3 aromatic carbocycles. The van der Waals surface area contributed by atoms with Gasteiger partial charge in [-0.25, -0.2) is 0 Å². The number of halogens is 2. The highest BCUT2D eigenvalue weighted by Crippen LogP contribution is 2.34. The van der Waals surface area contributed by atoms with Crippen molar-refractivity contribution in [3.63, 3.8) is 0 Å². The lowest BCUT2D eigenvalue weighted by Crippen LogP contribution is -2.17. The second kappa shape index (κ2) is 4.89. The van der Waals surface area contributed by atoms with Crippen molar-refractivity contribution in [2.24, 2.45) is 0 Å². The first-order valence-corrected chi connectivity index (χ1v) is 7.32. The molecular formula is C18H9ClFNO2. The minimum Gasteiger partial charge on any atom is -0.618 e. The van der Waals surface area contributed by atoms with Gasteiger partial charge in [0.25, 0.3) is 17.2 Å². The summed E-state index contributed by atoms with van der Waals surface area (Å²) in [5.41, 5.74) is 0.114. The van der Waals surface area contributed by atoms with Gasteiger partial charge in [0.05, 0.1) is 5.56 Å². The Morgan fingerprint density at radius 3 is 2.57 bits per heavy atom. The van der Waals surface area contributed by atoms with Gasteiger partial charge in [0, 0.05) is 5.02 Å². The number of nitrogens with zero attached hydrogens (tertiary/aromatic N) is 1. The molecule has 23 heavy (non-hydrogen) atoms. The lowest BCUT2D eigenvalue weighted by atomic mass is 9.97. The Bertz CT molecular complexity index is 1020. The molecule has 0 saturated carbocycles. The SMILES string of the molecule is O=C1C(c2cccc3ccccc23)=[N+]([O-])c2c(F)cc(Cl)cc21. The first-order valence-electron chi connectivity index (χ1n) is 6.94. The molecular weight excluding hydrogens is 317 g/mol. The highest BCUT2D eigenvalue weighted by Gasteiger charge is 2.40. The van der Waals surface area contributed by atoms with E-state index in [2.05, 4.69) is 0 Å². The molecule has 5 heteroatoms. The second-order valence-corrected chi connectivity index (χ2v) is 5.72. The predicted molar refractivity (Wildman–Crippen MR) is 87.1 cm³/mol. The van der Waals surface area contributed by atoms with Crippen LogP contribution in [0.2, 0.25) is 5.02 Å². The van der Waals surface area contributed by atoms with Crippen molar-refractivity contribution in [1.82, 2.24) is 0 Å². The van der Waals surface area contributed by atoms with Crippen molar-refractivity contribution >= 4 is 39.6 Å². The summed E-state index contributed by atoms with van der Waals surface area (Å²) in [7, 11) is 0. The summed E-state index contributed by atoms with van der Waals surface area (Å²) in [6, 6.07) is 15.1. The van der Waals surface area contributed by atoms with Crippen LogP contribution in [-0.4, -0.2) is 16.2 Å². The van der Waals surface area contributed by atoms with Crippen LogP contribution in [0.5, 0.6) is 0 Å². The highest BCUT2D eigenvalue weighted by atomic mass is 35.5. The second-order valence-electron chi connectivity index (χ2n) is 5.28. The Kier molecular flexibility index (Phi) is 2.96. The van der Waals surface area contributed by atoms with E-state index < -0.39 is 11.6 Å². The molecule has 0 aromatic heterocycles. The van der Waals surface area contributed by atoms with Crippen molar-refractivity contribution in [1.29, 1.82) is 0 Å². The molecule has 4 rings (SSSR count). The quantitative estimate of drug-likeness (QED) is 0.489. The molecule has 0 N–H and O–H groups in total. The topological polar surface area (TPSA) is 43.1 Å². The van der Waals surface area contributed by atoms with Crippen molar-refractivity contribution in [3.8, 4) is 0 Å². The van der Waals surface area contributed by atoms with E-state index in [0.717, 1.165) is 16.8 Å². The van der Waals surface area contributed by atoms with E-state index in [1.54, 1.807) is 12.1 Å². The lowest BCUT2D eigenvalue weighted by molar-refractivity contribution is -0.358. The molecule has 0 aliphatic carbocycles. The summed E-state index contributed by atoms with van der Waals surface area (Å²) >= 11 is 5.81. The Morgan fingerprint density at radius 1 is 1.00 bits per heavy atom. The smallest absolute Gasteiger partial charge is 0.273 e. The molecule has 3 aromatic rings. The molecule has 1 aliphatic heterocycles. The van der Waals surface area contributed by atoms with E-state index >= 15 is 0 Å². The largest absolute Gasteiger partial charge is 0.618 e. The molecule has 0 bridgehead atoms. The van der Waals surface area contributed by atoms with Crippen LogP contribution in [0.3, 0.4) is 0 Å². The van der Waals surface area contributed by atoms with Gasteiger partial charge in [0.1, 0.15) is 5.56 Å². The van der Waals surface area contributed by atoms with Crippen molar-refractivity contribution in [2.75, 3.05) is 0 Å². The number of hydrogen-bond donors (Lipinski definition) is 0. The summed E-state index contributed by atoms with van der Waals surface area (Å²) in [4.78, 5) is 12.7. The third-order valence-electron chi connectivity index (χ3n) is 3.94. The van der Waals surface area contributed by atoms with Crippen molar-refractivity contribution in [3.05, 3.63) is 81.8 Å². The van der Waals surface area contributed by atoms with E-state index in [0.29, 0.717) is 10.3 Å². The maximum absolute atomic E-state index is 14.1. The average Bonchev–Trinajstić information content (AvgIpc) is 2.78. The Labute approximate surface area is 135 Å². The average molecular weight is 326 g/mol. The summed E-state index contributed by atoms with van der Waals surface area (Å²) in [5, 5.41) is 14.3. The van der Waals surface area contributed by atoms with Crippen LogP contribution >= 0.6 is 11.6 Å². The number of carbonyl (C=O) groups is 1. The summed E-state index contributed by atoms with van der Waals surface area (Å²) in [6.07, 6.45) is 0. The molecule has 0 radical (unpaired) electrons. The van der Waals surface area contributed by atoms with Gasteiger partial charge in [-0.2, -0.15) is 9.13 Å². The number of hydrogen-bond acceptors (Lipinski definition) is 2. The molecule has 0 fully saturated rings. The fourth-order valence-corrected chi connectivity index (χ4v) is 3.15. The maximum Gasteiger partial charge on any atom is 0.273 e. The zero-order valence-corrected chi connectivity index (χ0v) is 12.5. The Balaban J connectivity index is 2.03. The molecule has 0 unspecified atom stereocenters. The van der Waals surface area contributed by atoms with Crippen LogP contribution in [0.15, 0.2) is 54.6 Å². The molecule has 3 nitrogen and oxygen atoms in total. The van der Waals surface area contributed by atoms with Crippen LogP contribution in [0.1, 0.15) is 15.9 Å². The molecule has 0 spiro atoms. The third-order valence-corrected chi connectivity index (χ3v) is 4.16. The Morgan fingerprint density at radius 2 is 1.74 bits per heavy atom. The number of fused-ring (bicyclic) bond motifs is 2. The van der Waals surface area contributed by atoms with E-state index in [1.807, 2.05) is 30.3 Å². The Hall–Kier alpha value is -2.72. The number of carbonyl (C=O) groups excluding carboxylic acids is 1. The number of rotatable bonds is 1. The minimum absolute atomic E-state index is 0.00654. The van der Waals surface area contributed by atoms with Crippen molar-refractivity contribution in [2.45, 2.75) is 0 Å². The van der Waals surface area contributed by atoms with Gasteiger partial charge in [-0.1, -0.05) is 48.0 Å². The monoisotopic (exact) mass is 325 g/mol. The number of Topliss-reactive ketones (excluding diaryl/α,β-unsaturated/α-hetero) is 1. The number of ketones is 1.